The Morgan fingerprint density at radius 3 is 2.00 bits per heavy atom. The number of carbonyl (C=O) groups excluding carboxylic acids is 2. The number of anilines is 1. The number of nitrogens with zero attached hydrogens (tertiary/aromatic N) is 2. The molecule has 3 aromatic rings. The molecule has 176 valence electrons. The highest BCUT2D eigenvalue weighted by atomic mass is 19.2. The number of carbonyl (C=O) groups is 2. The normalized spacial score (nSPS) is 14.1. The van der Waals surface area contributed by atoms with Crippen LogP contribution in [0.4, 0.5) is 18.9 Å². The average Bonchev–Trinajstić information content (AvgIpc) is 2.84. The van der Waals surface area contributed by atoms with Crippen molar-refractivity contribution < 1.29 is 22.8 Å². The Hall–Kier alpha value is -3.65. The first-order chi connectivity index (χ1) is 16.4. The van der Waals surface area contributed by atoms with Crippen molar-refractivity contribution in [2.45, 2.75) is 13.0 Å². The fourth-order valence-electron chi connectivity index (χ4n) is 3.94. The molecular formula is C26H24F3N3O2. The summed E-state index contributed by atoms with van der Waals surface area (Å²) in [6.07, 6.45) is -0.269. The Morgan fingerprint density at radius 2 is 1.38 bits per heavy atom. The summed E-state index contributed by atoms with van der Waals surface area (Å²) in [5.41, 5.74) is 3.04. The number of nitrogens with one attached hydrogen (secondary N) is 1. The highest BCUT2D eigenvalue weighted by Crippen LogP contribution is 2.21. The summed E-state index contributed by atoms with van der Waals surface area (Å²) >= 11 is 0. The minimum absolute atomic E-state index is 0.246. The van der Waals surface area contributed by atoms with Gasteiger partial charge in [-0.2, -0.15) is 0 Å². The molecule has 5 nitrogen and oxygen atoms in total. The first-order valence-corrected chi connectivity index (χ1v) is 11.0. The standard InChI is InChI=1S/C26H24F3N3O2/c27-22-14-18(15-23(28)26(22)29)17-31-10-12-32(13-11-31)25(34)16-24(33)30-21-8-6-20(7-9-21)19-4-2-1-3-5-19/h1-9,14-15H,10-13,16-17H2,(H,30,33). The number of piperazine rings is 1. The molecule has 34 heavy (non-hydrogen) atoms. The van der Waals surface area contributed by atoms with E-state index in [0.717, 1.165) is 23.3 Å². The number of halogens is 3. The van der Waals surface area contributed by atoms with Gasteiger partial charge in [0.25, 0.3) is 0 Å². The summed E-state index contributed by atoms with van der Waals surface area (Å²) in [5, 5.41) is 2.75. The van der Waals surface area contributed by atoms with Crippen LogP contribution in [-0.4, -0.2) is 47.8 Å². The van der Waals surface area contributed by atoms with Gasteiger partial charge in [0.1, 0.15) is 6.42 Å². The summed E-state index contributed by atoms with van der Waals surface area (Å²) in [6, 6.07) is 19.2. The summed E-state index contributed by atoms with van der Waals surface area (Å²) < 4.78 is 39.9. The Morgan fingerprint density at radius 1 is 0.794 bits per heavy atom. The van der Waals surface area contributed by atoms with Crippen LogP contribution in [0.25, 0.3) is 11.1 Å². The van der Waals surface area contributed by atoms with Crippen LogP contribution in [0.1, 0.15) is 12.0 Å². The summed E-state index contributed by atoms with van der Waals surface area (Å²) in [7, 11) is 0. The van der Waals surface area contributed by atoms with E-state index in [0.29, 0.717) is 37.4 Å². The second-order valence-corrected chi connectivity index (χ2v) is 8.20. The number of amides is 2. The monoisotopic (exact) mass is 467 g/mol. The lowest BCUT2D eigenvalue weighted by Gasteiger charge is -2.34. The molecule has 0 unspecified atom stereocenters. The van der Waals surface area contributed by atoms with Gasteiger partial charge in [0.05, 0.1) is 0 Å². The van der Waals surface area contributed by atoms with Crippen LogP contribution in [0, 0.1) is 17.5 Å². The first kappa shape index (κ1) is 23.5. The molecule has 0 aromatic heterocycles. The highest BCUT2D eigenvalue weighted by Gasteiger charge is 2.23. The van der Waals surface area contributed by atoms with Crippen LogP contribution in [0.2, 0.25) is 0 Å². The molecule has 2 amide bonds. The lowest BCUT2D eigenvalue weighted by molar-refractivity contribution is -0.136. The van der Waals surface area contributed by atoms with E-state index in [1.807, 2.05) is 47.4 Å². The van der Waals surface area contributed by atoms with Gasteiger partial charge in [0.15, 0.2) is 17.5 Å². The molecule has 1 N–H and O–H groups in total. The van der Waals surface area contributed by atoms with Crippen LogP contribution < -0.4 is 5.32 Å². The topological polar surface area (TPSA) is 52.7 Å². The maximum atomic E-state index is 13.4. The van der Waals surface area contributed by atoms with E-state index in [4.69, 9.17) is 0 Å². The zero-order valence-electron chi connectivity index (χ0n) is 18.4. The quantitative estimate of drug-likeness (QED) is 0.431. The van der Waals surface area contributed by atoms with E-state index in [-0.39, 0.29) is 18.9 Å². The molecule has 0 saturated carbocycles. The molecule has 4 rings (SSSR count). The average molecular weight is 467 g/mol. The van der Waals surface area contributed by atoms with Crippen molar-refractivity contribution in [1.29, 1.82) is 0 Å². The van der Waals surface area contributed by atoms with Crippen molar-refractivity contribution >= 4 is 17.5 Å². The van der Waals surface area contributed by atoms with Gasteiger partial charge in [-0.05, 0) is 41.0 Å². The van der Waals surface area contributed by atoms with Gasteiger partial charge < -0.3 is 10.2 Å². The fraction of sp³-hybridized carbons (Fsp3) is 0.231. The molecule has 3 aromatic carbocycles. The second-order valence-electron chi connectivity index (χ2n) is 8.20. The Balaban J connectivity index is 1.24. The van der Waals surface area contributed by atoms with Crippen molar-refractivity contribution in [3.63, 3.8) is 0 Å². The maximum Gasteiger partial charge on any atom is 0.233 e. The molecule has 1 aliphatic heterocycles. The zero-order chi connectivity index (χ0) is 24.1. The molecule has 0 atom stereocenters. The number of rotatable bonds is 6. The van der Waals surface area contributed by atoms with E-state index in [1.165, 1.54) is 0 Å². The molecule has 0 bridgehead atoms. The van der Waals surface area contributed by atoms with Crippen molar-refractivity contribution in [3.8, 4) is 11.1 Å². The third-order valence-electron chi connectivity index (χ3n) is 5.76. The Kier molecular flexibility index (Phi) is 7.27. The van der Waals surface area contributed by atoms with Crippen molar-refractivity contribution in [1.82, 2.24) is 9.80 Å². The second kappa shape index (κ2) is 10.5. The van der Waals surface area contributed by atoms with Crippen LogP contribution in [0.15, 0.2) is 66.7 Å². The van der Waals surface area contributed by atoms with Crippen molar-refractivity contribution in [3.05, 3.63) is 89.7 Å². The molecule has 1 saturated heterocycles. The summed E-state index contributed by atoms with van der Waals surface area (Å²) in [5.74, 6) is -4.59. The van der Waals surface area contributed by atoms with Gasteiger partial charge in [0, 0.05) is 38.4 Å². The van der Waals surface area contributed by atoms with Crippen LogP contribution in [-0.2, 0) is 16.1 Å². The fourth-order valence-corrected chi connectivity index (χ4v) is 3.94. The van der Waals surface area contributed by atoms with Crippen molar-refractivity contribution in [2.24, 2.45) is 0 Å². The van der Waals surface area contributed by atoms with E-state index in [2.05, 4.69) is 5.32 Å². The third-order valence-corrected chi connectivity index (χ3v) is 5.76. The molecule has 1 heterocycles. The van der Waals surface area contributed by atoms with Crippen LogP contribution >= 0.6 is 0 Å². The van der Waals surface area contributed by atoms with Crippen molar-refractivity contribution in [2.75, 3.05) is 31.5 Å². The Bertz CT molecular complexity index is 1140. The lowest BCUT2D eigenvalue weighted by atomic mass is 10.1. The largest absolute Gasteiger partial charge is 0.340 e. The molecule has 0 spiro atoms. The molecule has 1 aliphatic rings. The molecule has 8 heteroatoms. The molecular weight excluding hydrogens is 443 g/mol. The molecule has 0 radical (unpaired) electrons. The Labute approximate surface area is 195 Å². The highest BCUT2D eigenvalue weighted by molar-refractivity contribution is 6.03. The van der Waals surface area contributed by atoms with Gasteiger partial charge in [-0.15, -0.1) is 0 Å². The van der Waals surface area contributed by atoms with Crippen LogP contribution in [0.5, 0.6) is 0 Å². The van der Waals surface area contributed by atoms with Gasteiger partial charge in [-0.3, -0.25) is 14.5 Å². The molecule has 0 aliphatic carbocycles. The van der Waals surface area contributed by atoms with Gasteiger partial charge >= 0.3 is 0 Å². The van der Waals surface area contributed by atoms with E-state index >= 15 is 0 Å². The summed E-state index contributed by atoms with van der Waals surface area (Å²) in [4.78, 5) is 28.4. The lowest BCUT2D eigenvalue weighted by Crippen LogP contribution is -2.48. The number of hydrogen-bond acceptors (Lipinski definition) is 3. The smallest absolute Gasteiger partial charge is 0.233 e. The van der Waals surface area contributed by atoms with Crippen LogP contribution in [0.3, 0.4) is 0 Å². The minimum atomic E-state index is -1.48. The SMILES string of the molecule is O=C(CC(=O)N1CCN(Cc2cc(F)c(F)c(F)c2)CC1)Nc1ccc(-c2ccccc2)cc1. The van der Waals surface area contributed by atoms with E-state index in [1.54, 1.807) is 17.0 Å². The van der Waals surface area contributed by atoms with Gasteiger partial charge in [-0.1, -0.05) is 42.5 Å². The molecule has 1 fully saturated rings. The zero-order valence-corrected chi connectivity index (χ0v) is 18.4. The number of hydrogen-bond donors (Lipinski definition) is 1. The summed E-state index contributed by atoms with van der Waals surface area (Å²) in [6.45, 7) is 1.99. The maximum absolute atomic E-state index is 13.4. The first-order valence-electron chi connectivity index (χ1n) is 11.0. The van der Waals surface area contributed by atoms with E-state index < -0.39 is 23.4 Å². The third kappa shape index (κ3) is 5.82. The van der Waals surface area contributed by atoms with Gasteiger partial charge in [0.2, 0.25) is 11.8 Å². The van der Waals surface area contributed by atoms with E-state index in [9.17, 15) is 22.8 Å². The van der Waals surface area contributed by atoms with Gasteiger partial charge in [-0.25, -0.2) is 13.2 Å². The predicted octanol–water partition coefficient (Wildman–Crippen LogP) is 4.44. The minimum Gasteiger partial charge on any atom is -0.340 e. The number of benzene rings is 3. The predicted molar refractivity (Wildman–Crippen MR) is 123 cm³/mol.